The molecule has 3 N–H and O–H groups in total. The van der Waals surface area contributed by atoms with Crippen LogP contribution in [0, 0.1) is 0 Å². The van der Waals surface area contributed by atoms with Gasteiger partial charge < -0.3 is 20.3 Å². The van der Waals surface area contributed by atoms with E-state index in [4.69, 9.17) is 15.2 Å². The first-order chi connectivity index (χ1) is 11.0. The minimum Gasteiger partial charge on any atom is -0.493 e. The van der Waals surface area contributed by atoms with Crippen molar-refractivity contribution in [2.75, 3.05) is 20.7 Å². The number of piperidine rings is 1. The van der Waals surface area contributed by atoms with Gasteiger partial charge in [0.1, 0.15) is 11.7 Å². The second kappa shape index (κ2) is 4.09. The number of likely N-dealkylation sites (N-methyl/N-ethyl adjacent to an activating group) is 1. The summed E-state index contributed by atoms with van der Waals surface area (Å²) >= 11 is 0. The molecule has 2 bridgehead atoms. The number of ether oxygens (including phenoxy) is 2. The van der Waals surface area contributed by atoms with E-state index in [0.29, 0.717) is 0 Å². The highest BCUT2D eigenvalue weighted by Gasteiger charge is 2.71. The van der Waals surface area contributed by atoms with Crippen LogP contribution in [0.15, 0.2) is 24.3 Å². The number of rotatable bonds is 1. The van der Waals surface area contributed by atoms with E-state index in [2.05, 4.69) is 18.0 Å². The Hall–Kier alpha value is -1.56. The molecule has 4 aliphatic rings. The van der Waals surface area contributed by atoms with Gasteiger partial charge in [-0.3, -0.25) is 4.90 Å². The highest BCUT2D eigenvalue weighted by Crippen LogP contribution is 2.63. The Labute approximate surface area is 135 Å². The molecule has 23 heavy (non-hydrogen) atoms. The highest BCUT2D eigenvalue weighted by molar-refractivity contribution is 5.64. The lowest BCUT2D eigenvalue weighted by Crippen LogP contribution is -2.75. The number of likely N-dealkylation sites (tertiary alicyclic amines) is 1. The summed E-state index contributed by atoms with van der Waals surface area (Å²) in [4.78, 5) is 2.27. The molecule has 0 radical (unpaired) electrons. The van der Waals surface area contributed by atoms with Crippen LogP contribution in [0.4, 0.5) is 0 Å². The molecule has 0 unspecified atom stereocenters. The summed E-state index contributed by atoms with van der Waals surface area (Å²) in [5.41, 5.74) is 7.36. The fourth-order valence-electron chi connectivity index (χ4n) is 5.49. The molecule has 5 nitrogen and oxygen atoms in total. The van der Waals surface area contributed by atoms with E-state index in [-0.39, 0.29) is 18.2 Å². The van der Waals surface area contributed by atoms with Gasteiger partial charge in [-0.2, -0.15) is 0 Å². The van der Waals surface area contributed by atoms with Crippen LogP contribution in [0.5, 0.6) is 11.5 Å². The van der Waals surface area contributed by atoms with Crippen LogP contribution in [0.2, 0.25) is 0 Å². The Balaban J connectivity index is 1.87. The molecule has 0 amide bonds. The molecular formula is C18H22N2O3. The van der Waals surface area contributed by atoms with Gasteiger partial charge in [-0.15, -0.1) is 0 Å². The van der Waals surface area contributed by atoms with Gasteiger partial charge >= 0.3 is 0 Å². The Morgan fingerprint density at radius 2 is 2.26 bits per heavy atom. The monoisotopic (exact) mass is 314 g/mol. The van der Waals surface area contributed by atoms with Crippen LogP contribution < -0.4 is 15.2 Å². The molecule has 122 valence electrons. The van der Waals surface area contributed by atoms with Crippen molar-refractivity contribution in [1.29, 1.82) is 0 Å². The maximum atomic E-state index is 11.8. The smallest absolute Gasteiger partial charge is 0.166 e. The summed E-state index contributed by atoms with van der Waals surface area (Å²) in [5, 5.41) is 11.8. The zero-order chi connectivity index (χ0) is 16.0. The van der Waals surface area contributed by atoms with Gasteiger partial charge in [0.05, 0.1) is 18.6 Å². The molecule has 0 aromatic heterocycles. The second-order valence-electron chi connectivity index (χ2n) is 7.35. The molecule has 2 aliphatic heterocycles. The number of hydrogen-bond donors (Lipinski definition) is 2. The average Bonchev–Trinajstić information content (AvgIpc) is 2.90. The lowest BCUT2D eigenvalue weighted by molar-refractivity contribution is -0.136. The molecule has 1 aromatic rings. The molecule has 2 aliphatic carbocycles. The maximum Gasteiger partial charge on any atom is 0.166 e. The third kappa shape index (κ3) is 1.32. The zero-order valence-corrected chi connectivity index (χ0v) is 13.5. The normalized spacial score (nSPS) is 43.0. The van der Waals surface area contributed by atoms with Crippen molar-refractivity contribution in [2.45, 2.75) is 42.0 Å². The van der Waals surface area contributed by atoms with Crippen LogP contribution in [-0.2, 0) is 11.8 Å². The first-order valence-corrected chi connectivity index (χ1v) is 8.27. The van der Waals surface area contributed by atoms with Crippen molar-refractivity contribution in [1.82, 2.24) is 4.90 Å². The predicted octanol–water partition coefficient (Wildman–Crippen LogP) is 0.582. The molecular weight excluding hydrogens is 292 g/mol. The molecule has 5 heteroatoms. The van der Waals surface area contributed by atoms with Gasteiger partial charge in [-0.25, -0.2) is 0 Å². The third-order valence-electron chi connectivity index (χ3n) is 6.55. The summed E-state index contributed by atoms with van der Waals surface area (Å²) < 4.78 is 11.9. The van der Waals surface area contributed by atoms with E-state index in [1.54, 1.807) is 7.11 Å². The van der Waals surface area contributed by atoms with Crippen molar-refractivity contribution >= 4 is 0 Å². The summed E-state index contributed by atoms with van der Waals surface area (Å²) in [6, 6.07) is 3.93. The number of hydrogen-bond acceptors (Lipinski definition) is 5. The lowest BCUT2D eigenvalue weighted by atomic mass is 9.50. The van der Waals surface area contributed by atoms with Crippen LogP contribution in [-0.4, -0.2) is 54.5 Å². The predicted molar refractivity (Wildman–Crippen MR) is 85.9 cm³/mol. The van der Waals surface area contributed by atoms with E-state index in [0.717, 1.165) is 36.4 Å². The molecule has 5 rings (SSSR count). The van der Waals surface area contributed by atoms with E-state index < -0.39 is 11.0 Å². The molecule has 0 saturated carbocycles. The van der Waals surface area contributed by atoms with E-state index in [1.165, 1.54) is 5.56 Å². The quantitative estimate of drug-likeness (QED) is 0.742. The SMILES string of the molecule is COc1ccc2c3c1O[C@H]1[C@H](N)C=C[C@@]4(O)[C@@H](C2)N(C)CC[C@]314. The van der Waals surface area contributed by atoms with E-state index >= 15 is 0 Å². The minimum absolute atomic E-state index is 0.0537. The zero-order valence-electron chi connectivity index (χ0n) is 13.5. The number of nitrogens with zero attached hydrogens (tertiary/aromatic N) is 1. The van der Waals surface area contributed by atoms with Crippen LogP contribution in [0.25, 0.3) is 0 Å². The minimum atomic E-state index is -0.939. The molecule has 1 spiro atoms. The van der Waals surface area contributed by atoms with Crippen LogP contribution >= 0.6 is 0 Å². The van der Waals surface area contributed by atoms with Gasteiger partial charge in [-0.05, 0) is 38.1 Å². The average molecular weight is 314 g/mol. The van der Waals surface area contributed by atoms with Gasteiger partial charge in [0.15, 0.2) is 11.5 Å². The molecule has 1 aromatic carbocycles. The Morgan fingerprint density at radius 3 is 3.04 bits per heavy atom. The van der Waals surface area contributed by atoms with Crippen molar-refractivity contribution in [2.24, 2.45) is 5.73 Å². The summed E-state index contributed by atoms with van der Waals surface area (Å²) in [5.74, 6) is 1.52. The van der Waals surface area contributed by atoms with E-state index in [1.807, 2.05) is 18.2 Å². The summed E-state index contributed by atoms with van der Waals surface area (Å²) in [6.45, 7) is 0.934. The standard InChI is InChI=1S/C18H22N2O3/c1-20-8-7-17-14-10-3-4-12(22-2)15(14)23-16(17)11(19)5-6-18(17,21)13(20)9-10/h3-6,11,13,16,21H,7-9,19H2,1-2H3/t11-,13-,16+,17+,18-/m1/s1. The fraction of sp³-hybridized carbons (Fsp3) is 0.556. The molecule has 1 fully saturated rings. The molecule has 1 saturated heterocycles. The second-order valence-corrected chi connectivity index (χ2v) is 7.35. The Kier molecular flexibility index (Phi) is 2.46. The van der Waals surface area contributed by atoms with Crippen molar-refractivity contribution in [3.05, 3.63) is 35.4 Å². The molecule has 5 atom stereocenters. The van der Waals surface area contributed by atoms with Gasteiger partial charge in [0, 0.05) is 11.6 Å². The third-order valence-corrected chi connectivity index (χ3v) is 6.55. The summed E-state index contributed by atoms with van der Waals surface area (Å²) in [6.07, 6.45) is 5.27. The first kappa shape index (κ1) is 13.8. The van der Waals surface area contributed by atoms with Crippen molar-refractivity contribution in [3.63, 3.8) is 0 Å². The number of benzene rings is 1. The first-order valence-electron chi connectivity index (χ1n) is 8.27. The van der Waals surface area contributed by atoms with Gasteiger partial charge in [0.2, 0.25) is 0 Å². The van der Waals surface area contributed by atoms with Crippen molar-refractivity contribution < 1.29 is 14.6 Å². The lowest BCUT2D eigenvalue weighted by Gasteiger charge is -2.61. The largest absolute Gasteiger partial charge is 0.493 e. The highest BCUT2D eigenvalue weighted by atomic mass is 16.5. The van der Waals surface area contributed by atoms with Gasteiger partial charge in [-0.1, -0.05) is 18.2 Å². The van der Waals surface area contributed by atoms with E-state index in [9.17, 15) is 5.11 Å². The number of nitrogens with two attached hydrogens (primary N) is 1. The van der Waals surface area contributed by atoms with Crippen LogP contribution in [0.1, 0.15) is 17.5 Å². The molecule has 2 heterocycles. The van der Waals surface area contributed by atoms with Crippen molar-refractivity contribution in [3.8, 4) is 11.5 Å². The van der Waals surface area contributed by atoms with Crippen LogP contribution in [0.3, 0.4) is 0 Å². The summed E-state index contributed by atoms with van der Waals surface area (Å²) in [7, 11) is 3.75. The Bertz CT molecular complexity index is 733. The fourth-order valence-corrected chi connectivity index (χ4v) is 5.49. The maximum absolute atomic E-state index is 11.8. The van der Waals surface area contributed by atoms with Gasteiger partial charge in [0.25, 0.3) is 0 Å². The topological polar surface area (TPSA) is 68.0 Å². The number of aliphatic hydroxyl groups is 1. The number of methoxy groups -OCH3 is 1. The Morgan fingerprint density at radius 1 is 1.43 bits per heavy atom.